The van der Waals surface area contributed by atoms with Gasteiger partial charge in [0.25, 0.3) is 0 Å². The van der Waals surface area contributed by atoms with Gasteiger partial charge in [-0.1, -0.05) is 0 Å². The van der Waals surface area contributed by atoms with E-state index in [4.69, 9.17) is 4.74 Å². The minimum atomic E-state index is -4.27. The van der Waals surface area contributed by atoms with Crippen molar-refractivity contribution in [3.8, 4) is 0 Å². The molecule has 0 saturated carbocycles. The third-order valence-electron chi connectivity index (χ3n) is 2.92. The van der Waals surface area contributed by atoms with E-state index < -0.39 is 11.7 Å². The van der Waals surface area contributed by atoms with Crippen LogP contribution in [0.4, 0.5) is 18.9 Å². The van der Waals surface area contributed by atoms with E-state index in [0.717, 1.165) is 23.7 Å². The third-order valence-corrected chi connectivity index (χ3v) is 2.92. The smallest absolute Gasteiger partial charge is 0.383 e. The van der Waals surface area contributed by atoms with Gasteiger partial charge in [-0.15, -0.1) is 0 Å². The Morgan fingerprint density at radius 3 is 2.82 bits per heavy atom. The zero-order valence-electron chi connectivity index (χ0n) is 9.47. The second-order valence-electron chi connectivity index (χ2n) is 4.20. The number of ether oxygens (including phenoxy) is 1. The highest BCUT2D eigenvalue weighted by atomic mass is 19.4. The molecular weight excluding hydrogens is 231 g/mol. The highest BCUT2D eigenvalue weighted by Gasteiger charge is 2.31. The SMILES string of the molecule is COCC1CCc2cc(C(F)(F)F)ccc2N1. The molecule has 1 atom stereocenters. The molecule has 2 rings (SSSR count). The number of nitrogens with one attached hydrogen (secondary N) is 1. The van der Waals surface area contributed by atoms with Gasteiger partial charge in [0.15, 0.2) is 0 Å². The number of hydrogen-bond donors (Lipinski definition) is 1. The molecule has 0 fully saturated rings. The van der Waals surface area contributed by atoms with E-state index in [1.54, 1.807) is 7.11 Å². The maximum absolute atomic E-state index is 12.5. The van der Waals surface area contributed by atoms with E-state index in [9.17, 15) is 13.2 Å². The summed E-state index contributed by atoms with van der Waals surface area (Å²) in [5.74, 6) is 0. The van der Waals surface area contributed by atoms with Crippen LogP contribution in [-0.2, 0) is 17.3 Å². The molecular formula is C12H14F3NO. The van der Waals surface area contributed by atoms with Crippen molar-refractivity contribution in [3.05, 3.63) is 29.3 Å². The lowest BCUT2D eigenvalue weighted by Gasteiger charge is -2.27. The fourth-order valence-electron chi connectivity index (χ4n) is 2.07. The molecule has 1 aromatic rings. The Labute approximate surface area is 97.8 Å². The molecule has 1 heterocycles. The number of aryl methyl sites for hydroxylation is 1. The van der Waals surface area contributed by atoms with Crippen molar-refractivity contribution in [2.24, 2.45) is 0 Å². The Morgan fingerprint density at radius 1 is 1.41 bits per heavy atom. The van der Waals surface area contributed by atoms with Gasteiger partial charge in [0, 0.05) is 18.8 Å². The summed E-state index contributed by atoms with van der Waals surface area (Å²) < 4.78 is 42.6. The molecule has 0 radical (unpaired) electrons. The molecule has 0 aromatic heterocycles. The van der Waals surface area contributed by atoms with Gasteiger partial charge in [-0.2, -0.15) is 13.2 Å². The van der Waals surface area contributed by atoms with Crippen LogP contribution in [-0.4, -0.2) is 19.8 Å². The Morgan fingerprint density at radius 2 is 2.18 bits per heavy atom. The summed E-state index contributed by atoms with van der Waals surface area (Å²) in [6.45, 7) is 0.570. The molecule has 1 aliphatic heterocycles. The zero-order chi connectivity index (χ0) is 12.5. The topological polar surface area (TPSA) is 21.3 Å². The van der Waals surface area contributed by atoms with Crippen LogP contribution >= 0.6 is 0 Å². The summed E-state index contributed by atoms with van der Waals surface area (Å²) >= 11 is 0. The fourth-order valence-corrected chi connectivity index (χ4v) is 2.07. The van der Waals surface area contributed by atoms with Crippen molar-refractivity contribution >= 4 is 5.69 Å². The van der Waals surface area contributed by atoms with Crippen molar-refractivity contribution < 1.29 is 17.9 Å². The average molecular weight is 245 g/mol. The molecule has 0 saturated heterocycles. The van der Waals surface area contributed by atoms with Gasteiger partial charge in [0.05, 0.1) is 12.2 Å². The van der Waals surface area contributed by atoms with Crippen molar-refractivity contribution in [1.29, 1.82) is 0 Å². The summed E-state index contributed by atoms with van der Waals surface area (Å²) in [7, 11) is 1.62. The Kier molecular flexibility index (Phi) is 3.28. The summed E-state index contributed by atoms with van der Waals surface area (Å²) in [6.07, 6.45) is -2.82. The molecule has 1 aliphatic rings. The maximum atomic E-state index is 12.5. The van der Waals surface area contributed by atoms with E-state index in [1.165, 1.54) is 12.1 Å². The van der Waals surface area contributed by atoms with Crippen LogP contribution in [0.2, 0.25) is 0 Å². The Balaban J connectivity index is 2.20. The van der Waals surface area contributed by atoms with Crippen LogP contribution in [0.5, 0.6) is 0 Å². The third kappa shape index (κ3) is 2.72. The highest BCUT2D eigenvalue weighted by Crippen LogP contribution is 2.34. The van der Waals surface area contributed by atoms with Crippen LogP contribution in [0.3, 0.4) is 0 Å². The number of halogens is 3. The van der Waals surface area contributed by atoms with Crippen molar-refractivity contribution in [2.45, 2.75) is 25.1 Å². The molecule has 2 nitrogen and oxygen atoms in total. The maximum Gasteiger partial charge on any atom is 0.416 e. The molecule has 94 valence electrons. The number of alkyl halides is 3. The van der Waals surface area contributed by atoms with Crippen molar-refractivity contribution in [3.63, 3.8) is 0 Å². The first kappa shape index (κ1) is 12.2. The molecule has 0 bridgehead atoms. The largest absolute Gasteiger partial charge is 0.416 e. The van der Waals surface area contributed by atoms with Gasteiger partial charge in [0.2, 0.25) is 0 Å². The first-order valence-corrected chi connectivity index (χ1v) is 5.46. The molecule has 0 amide bonds. The molecule has 0 aliphatic carbocycles. The number of rotatable bonds is 2. The number of benzene rings is 1. The van der Waals surface area contributed by atoms with Gasteiger partial charge >= 0.3 is 6.18 Å². The van der Waals surface area contributed by atoms with E-state index >= 15 is 0 Å². The predicted molar refractivity (Wildman–Crippen MR) is 59.1 cm³/mol. The number of methoxy groups -OCH3 is 1. The molecule has 5 heteroatoms. The summed E-state index contributed by atoms with van der Waals surface area (Å²) in [6, 6.07) is 4.02. The monoisotopic (exact) mass is 245 g/mol. The predicted octanol–water partition coefficient (Wildman–Crippen LogP) is 3.08. The van der Waals surface area contributed by atoms with Crippen molar-refractivity contribution in [2.75, 3.05) is 19.0 Å². The van der Waals surface area contributed by atoms with Gasteiger partial charge < -0.3 is 10.1 Å². The van der Waals surface area contributed by atoms with Crippen molar-refractivity contribution in [1.82, 2.24) is 0 Å². The van der Waals surface area contributed by atoms with Crippen LogP contribution in [0.15, 0.2) is 18.2 Å². The lowest BCUT2D eigenvalue weighted by Crippen LogP contribution is -2.29. The molecule has 0 spiro atoms. The second kappa shape index (κ2) is 4.56. The van der Waals surface area contributed by atoms with Crippen LogP contribution in [0, 0.1) is 0 Å². The highest BCUT2D eigenvalue weighted by molar-refractivity contribution is 5.55. The molecule has 1 aromatic carbocycles. The normalized spacial score (nSPS) is 19.6. The number of anilines is 1. The van der Waals surface area contributed by atoms with E-state index in [1.807, 2.05) is 0 Å². The number of hydrogen-bond acceptors (Lipinski definition) is 2. The first-order chi connectivity index (χ1) is 8.00. The molecule has 1 N–H and O–H groups in total. The van der Waals surface area contributed by atoms with Gasteiger partial charge in [-0.05, 0) is 36.6 Å². The molecule has 1 unspecified atom stereocenters. The minimum Gasteiger partial charge on any atom is -0.383 e. The Hall–Kier alpha value is -1.23. The van der Waals surface area contributed by atoms with Crippen LogP contribution in [0.1, 0.15) is 17.5 Å². The van der Waals surface area contributed by atoms with Crippen LogP contribution < -0.4 is 5.32 Å². The standard InChI is InChI=1S/C12H14F3NO/c1-17-7-10-4-2-8-6-9(12(13,14)15)3-5-11(8)16-10/h3,5-6,10,16H,2,4,7H2,1H3. The van der Waals surface area contributed by atoms with Gasteiger partial charge in [0.1, 0.15) is 0 Å². The molecule has 17 heavy (non-hydrogen) atoms. The average Bonchev–Trinajstić information content (AvgIpc) is 2.27. The van der Waals surface area contributed by atoms with E-state index in [-0.39, 0.29) is 6.04 Å². The van der Waals surface area contributed by atoms with Crippen LogP contribution in [0.25, 0.3) is 0 Å². The first-order valence-electron chi connectivity index (χ1n) is 5.46. The fraction of sp³-hybridized carbons (Fsp3) is 0.500. The quantitative estimate of drug-likeness (QED) is 0.864. The summed E-state index contributed by atoms with van der Waals surface area (Å²) in [5, 5.41) is 3.18. The Bertz CT molecular complexity index is 403. The zero-order valence-corrected chi connectivity index (χ0v) is 9.47. The van der Waals surface area contributed by atoms with Gasteiger partial charge in [-0.3, -0.25) is 0 Å². The number of fused-ring (bicyclic) bond motifs is 1. The second-order valence-corrected chi connectivity index (χ2v) is 4.20. The summed E-state index contributed by atoms with van der Waals surface area (Å²) in [5.41, 5.74) is 0.932. The lowest BCUT2D eigenvalue weighted by molar-refractivity contribution is -0.137. The van der Waals surface area contributed by atoms with Gasteiger partial charge in [-0.25, -0.2) is 0 Å². The van der Waals surface area contributed by atoms with E-state index in [0.29, 0.717) is 13.0 Å². The minimum absolute atomic E-state index is 0.184. The summed E-state index contributed by atoms with van der Waals surface area (Å²) in [4.78, 5) is 0. The van der Waals surface area contributed by atoms with E-state index in [2.05, 4.69) is 5.32 Å². The lowest BCUT2D eigenvalue weighted by atomic mass is 9.96.